The third-order valence-electron chi connectivity index (χ3n) is 3.96. The van der Waals surface area contributed by atoms with E-state index >= 15 is 0 Å². The maximum atomic E-state index is 13.9. The minimum Gasteiger partial charge on any atom is -0.493 e. The summed E-state index contributed by atoms with van der Waals surface area (Å²) in [7, 11) is 1.52. The lowest BCUT2D eigenvalue weighted by Crippen LogP contribution is -2.33. The number of carbonyl (C=O) groups is 1. The fraction of sp³-hybridized carbons (Fsp3) is 0.278. The molecule has 0 aliphatic carbocycles. The molecule has 0 saturated carbocycles. The Morgan fingerprint density at radius 1 is 1.42 bits per heavy atom. The van der Waals surface area contributed by atoms with Gasteiger partial charge >= 0.3 is 5.97 Å². The molecule has 2 aromatic carbocycles. The Balaban J connectivity index is 1.90. The fourth-order valence-electron chi connectivity index (χ4n) is 2.65. The number of ether oxygens (including phenoxy) is 2. The predicted molar refractivity (Wildman–Crippen MR) is 101 cm³/mol. The van der Waals surface area contributed by atoms with Crippen LogP contribution < -0.4 is 14.8 Å². The van der Waals surface area contributed by atoms with E-state index in [4.69, 9.17) is 9.47 Å². The predicted octanol–water partition coefficient (Wildman–Crippen LogP) is 3.96. The number of thioether (sulfide) groups is 1. The Hall–Kier alpha value is -1.77. The minimum absolute atomic E-state index is 0.0391. The Kier molecular flexibility index (Phi) is 6.05. The number of rotatable bonds is 6. The Bertz CT molecular complexity index is 820. The number of methoxy groups -OCH3 is 1. The standard InChI is InChI=1S/C18H17BrFNO4S/c1-24-15-7-11(19)6-12(17-21-14(9-26-17)18(22)23)16(15)25-8-10-4-2-3-5-13(10)20/h2-7,14,17,21H,8-9H2,1H3,(H,22,23). The molecule has 8 heteroatoms. The third-order valence-corrected chi connectivity index (χ3v) is 5.67. The number of aliphatic carboxylic acids is 1. The molecule has 0 aromatic heterocycles. The van der Waals surface area contributed by atoms with Crippen molar-refractivity contribution in [2.24, 2.45) is 0 Å². The van der Waals surface area contributed by atoms with Gasteiger partial charge in [0.2, 0.25) is 0 Å². The van der Waals surface area contributed by atoms with E-state index in [1.54, 1.807) is 24.3 Å². The molecule has 138 valence electrons. The lowest BCUT2D eigenvalue weighted by molar-refractivity contribution is -0.138. The highest BCUT2D eigenvalue weighted by atomic mass is 79.9. The monoisotopic (exact) mass is 441 g/mol. The molecule has 2 N–H and O–H groups in total. The normalized spacial score (nSPS) is 19.3. The largest absolute Gasteiger partial charge is 0.493 e. The van der Waals surface area contributed by atoms with Gasteiger partial charge in [0.05, 0.1) is 12.5 Å². The zero-order chi connectivity index (χ0) is 18.7. The van der Waals surface area contributed by atoms with Crippen LogP contribution in [0.1, 0.15) is 16.5 Å². The molecule has 5 nitrogen and oxygen atoms in total. The van der Waals surface area contributed by atoms with Gasteiger partial charge in [-0.15, -0.1) is 11.8 Å². The van der Waals surface area contributed by atoms with Gasteiger partial charge in [-0.3, -0.25) is 10.1 Å². The summed E-state index contributed by atoms with van der Waals surface area (Å²) in [6.07, 6.45) is 0. The van der Waals surface area contributed by atoms with Crippen molar-refractivity contribution in [1.29, 1.82) is 0 Å². The van der Waals surface area contributed by atoms with E-state index in [0.717, 1.165) is 10.0 Å². The summed E-state index contributed by atoms with van der Waals surface area (Å²) >= 11 is 4.91. The van der Waals surface area contributed by atoms with Crippen LogP contribution in [0.2, 0.25) is 0 Å². The summed E-state index contributed by atoms with van der Waals surface area (Å²) in [4.78, 5) is 11.2. The molecule has 0 spiro atoms. The summed E-state index contributed by atoms with van der Waals surface area (Å²) in [5.41, 5.74) is 1.18. The molecule has 1 aliphatic rings. The highest BCUT2D eigenvalue weighted by Gasteiger charge is 2.33. The molecule has 1 fully saturated rings. The summed E-state index contributed by atoms with van der Waals surface area (Å²) in [5, 5.41) is 12.0. The molecule has 0 bridgehead atoms. The van der Waals surface area contributed by atoms with E-state index in [0.29, 0.717) is 22.8 Å². The van der Waals surface area contributed by atoms with Crippen LogP contribution in [0.3, 0.4) is 0 Å². The average molecular weight is 442 g/mol. The molecule has 0 radical (unpaired) electrons. The van der Waals surface area contributed by atoms with Crippen molar-refractivity contribution in [3.05, 3.63) is 57.8 Å². The van der Waals surface area contributed by atoms with Gasteiger partial charge < -0.3 is 14.6 Å². The van der Waals surface area contributed by atoms with E-state index in [1.165, 1.54) is 24.9 Å². The van der Waals surface area contributed by atoms with Crippen LogP contribution in [0.25, 0.3) is 0 Å². The molecule has 1 saturated heterocycles. The first-order chi connectivity index (χ1) is 12.5. The van der Waals surface area contributed by atoms with E-state index in [9.17, 15) is 14.3 Å². The topological polar surface area (TPSA) is 67.8 Å². The Morgan fingerprint density at radius 2 is 2.19 bits per heavy atom. The van der Waals surface area contributed by atoms with Gasteiger partial charge in [-0.1, -0.05) is 34.1 Å². The maximum absolute atomic E-state index is 13.9. The van der Waals surface area contributed by atoms with Gasteiger partial charge in [0.25, 0.3) is 0 Å². The quantitative estimate of drug-likeness (QED) is 0.706. The third kappa shape index (κ3) is 4.13. The van der Waals surface area contributed by atoms with E-state index in [1.807, 2.05) is 6.07 Å². The second-order valence-corrected chi connectivity index (χ2v) is 7.73. The molecule has 2 atom stereocenters. The smallest absolute Gasteiger partial charge is 0.321 e. The van der Waals surface area contributed by atoms with E-state index < -0.39 is 12.0 Å². The fourth-order valence-corrected chi connectivity index (χ4v) is 4.34. The second kappa shape index (κ2) is 8.28. The van der Waals surface area contributed by atoms with Gasteiger partial charge in [-0.25, -0.2) is 4.39 Å². The Labute approximate surface area is 163 Å². The number of halogens is 2. The van der Waals surface area contributed by atoms with Crippen molar-refractivity contribution >= 4 is 33.7 Å². The molecular weight excluding hydrogens is 425 g/mol. The van der Waals surface area contributed by atoms with Crippen molar-refractivity contribution in [1.82, 2.24) is 5.32 Å². The lowest BCUT2D eigenvalue weighted by Gasteiger charge is -2.20. The van der Waals surface area contributed by atoms with Crippen molar-refractivity contribution in [2.45, 2.75) is 18.0 Å². The molecule has 1 heterocycles. The second-order valence-electron chi connectivity index (χ2n) is 5.68. The van der Waals surface area contributed by atoms with Gasteiger partial charge in [0.15, 0.2) is 11.5 Å². The van der Waals surface area contributed by atoms with Gasteiger partial charge in [-0.2, -0.15) is 0 Å². The van der Waals surface area contributed by atoms with Crippen molar-refractivity contribution < 1.29 is 23.8 Å². The molecule has 2 aromatic rings. The van der Waals surface area contributed by atoms with Crippen LogP contribution in [0.4, 0.5) is 4.39 Å². The van der Waals surface area contributed by atoms with Crippen LogP contribution in [-0.4, -0.2) is 30.0 Å². The summed E-state index contributed by atoms with van der Waals surface area (Å²) in [6, 6.07) is 9.38. The molecule has 26 heavy (non-hydrogen) atoms. The zero-order valence-corrected chi connectivity index (χ0v) is 16.3. The lowest BCUT2D eigenvalue weighted by atomic mass is 10.1. The number of carboxylic acids is 1. The van der Waals surface area contributed by atoms with Gasteiger partial charge in [-0.05, 0) is 18.2 Å². The molecular formula is C18H17BrFNO4S. The van der Waals surface area contributed by atoms with Crippen molar-refractivity contribution in [3.63, 3.8) is 0 Å². The van der Waals surface area contributed by atoms with Crippen LogP contribution in [0, 0.1) is 5.82 Å². The SMILES string of the molecule is COc1cc(Br)cc(C2NC(C(=O)O)CS2)c1OCc1ccccc1F. The Morgan fingerprint density at radius 3 is 2.85 bits per heavy atom. The van der Waals surface area contributed by atoms with Crippen LogP contribution >= 0.6 is 27.7 Å². The number of carboxylic acid groups (broad SMARTS) is 1. The molecule has 2 unspecified atom stereocenters. The number of hydrogen-bond donors (Lipinski definition) is 2. The molecule has 3 rings (SSSR count). The van der Waals surface area contributed by atoms with E-state index in [-0.39, 0.29) is 17.8 Å². The number of benzene rings is 2. The van der Waals surface area contributed by atoms with Gasteiger partial charge in [0.1, 0.15) is 18.5 Å². The highest BCUT2D eigenvalue weighted by molar-refractivity contribution is 9.10. The van der Waals surface area contributed by atoms with E-state index in [2.05, 4.69) is 21.2 Å². The average Bonchev–Trinajstić information content (AvgIpc) is 3.11. The van der Waals surface area contributed by atoms with Crippen molar-refractivity contribution in [3.8, 4) is 11.5 Å². The summed E-state index contributed by atoms with van der Waals surface area (Å²) < 4.78 is 26.0. The van der Waals surface area contributed by atoms with Crippen molar-refractivity contribution in [2.75, 3.05) is 12.9 Å². The van der Waals surface area contributed by atoms with Crippen LogP contribution in [0.5, 0.6) is 11.5 Å². The summed E-state index contributed by atoms with van der Waals surface area (Å²) in [6.45, 7) is 0.0391. The number of hydrogen-bond acceptors (Lipinski definition) is 5. The van der Waals surface area contributed by atoms with Crippen LogP contribution in [0.15, 0.2) is 40.9 Å². The maximum Gasteiger partial charge on any atom is 0.321 e. The molecule has 1 aliphatic heterocycles. The minimum atomic E-state index is -0.893. The summed E-state index contributed by atoms with van der Waals surface area (Å²) in [5.74, 6) is 0.170. The highest BCUT2D eigenvalue weighted by Crippen LogP contribution is 2.44. The first kappa shape index (κ1) is 19.0. The first-order valence-electron chi connectivity index (χ1n) is 7.83. The van der Waals surface area contributed by atoms with Gasteiger partial charge in [0, 0.05) is 21.4 Å². The number of nitrogens with one attached hydrogen (secondary N) is 1. The van der Waals surface area contributed by atoms with Crippen LogP contribution in [-0.2, 0) is 11.4 Å². The molecule has 0 amide bonds. The zero-order valence-electron chi connectivity index (χ0n) is 13.9. The first-order valence-corrected chi connectivity index (χ1v) is 9.68.